The van der Waals surface area contributed by atoms with Crippen LogP contribution in [0.15, 0.2) is 22.8 Å². The molecule has 0 spiro atoms. The van der Waals surface area contributed by atoms with Crippen molar-refractivity contribution in [2.75, 3.05) is 13.1 Å². The Labute approximate surface area is 83.9 Å². The van der Waals surface area contributed by atoms with Crippen molar-refractivity contribution in [2.45, 2.75) is 34.6 Å². The maximum absolute atomic E-state index is 5.73. The van der Waals surface area contributed by atoms with Crippen LogP contribution < -0.4 is 0 Å². The zero-order valence-corrected chi connectivity index (χ0v) is 9.52. The van der Waals surface area contributed by atoms with E-state index in [4.69, 9.17) is 7.98 Å². The van der Waals surface area contributed by atoms with Gasteiger partial charge in [0.25, 0.3) is 0 Å². The van der Waals surface area contributed by atoms with E-state index in [1.165, 1.54) is 16.7 Å². The van der Waals surface area contributed by atoms with Gasteiger partial charge in [0, 0.05) is 6.54 Å². The highest BCUT2D eigenvalue weighted by Crippen LogP contribution is 2.13. The fraction of sp³-hybridized carbons (Fsp3) is 0.636. The summed E-state index contributed by atoms with van der Waals surface area (Å²) in [5.74, 6) is 0. The van der Waals surface area contributed by atoms with Crippen molar-refractivity contribution >= 4 is 7.98 Å². The first-order chi connectivity index (χ1) is 6.02. The third kappa shape index (κ3) is 4.32. The molecule has 0 saturated heterocycles. The minimum Gasteiger partial charge on any atom is -0.350 e. The molecule has 0 aromatic rings. The van der Waals surface area contributed by atoms with Crippen molar-refractivity contribution < 1.29 is 0 Å². The number of rotatable bonds is 4. The highest BCUT2D eigenvalue weighted by Gasteiger charge is 2.00. The Morgan fingerprint density at radius 1 is 1.31 bits per heavy atom. The molecule has 0 fully saturated rings. The van der Waals surface area contributed by atoms with Crippen LogP contribution in [0, 0.1) is 0 Å². The lowest BCUT2D eigenvalue weighted by atomic mass is 10.0. The Morgan fingerprint density at radius 3 is 2.23 bits per heavy atom. The summed E-state index contributed by atoms with van der Waals surface area (Å²) in [5.41, 5.74) is 4.04. The quantitative estimate of drug-likeness (QED) is 0.471. The van der Waals surface area contributed by atoms with Crippen LogP contribution in [-0.2, 0) is 0 Å². The van der Waals surface area contributed by atoms with E-state index in [0.29, 0.717) is 0 Å². The molecule has 0 amide bonds. The van der Waals surface area contributed by atoms with E-state index in [1.54, 1.807) is 0 Å². The van der Waals surface area contributed by atoms with Gasteiger partial charge in [-0.15, -0.1) is 0 Å². The monoisotopic (exact) mass is 177 g/mol. The molecule has 0 aromatic carbocycles. The number of likely N-dealkylation sites (N-methyl/N-ethyl adjacent to an activating group) is 1. The van der Waals surface area contributed by atoms with Gasteiger partial charge in [0.2, 0.25) is 0 Å². The van der Waals surface area contributed by atoms with E-state index in [2.05, 4.69) is 40.7 Å². The second-order valence-corrected chi connectivity index (χ2v) is 3.44. The van der Waals surface area contributed by atoms with E-state index >= 15 is 0 Å². The highest BCUT2D eigenvalue weighted by atomic mass is 15.0. The fourth-order valence-corrected chi connectivity index (χ4v) is 1.09. The summed E-state index contributed by atoms with van der Waals surface area (Å²) in [7, 11) is 5.73. The second kappa shape index (κ2) is 6.03. The molecule has 2 heteroatoms. The number of nitrogens with zero attached hydrogens (tertiary/aromatic N) is 1. The van der Waals surface area contributed by atoms with E-state index in [9.17, 15) is 0 Å². The van der Waals surface area contributed by atoms with Crippen molar-refractivity contribution in [1.29, 1.82) is 0 Å². The van der Waals surface area contributed by atoms with Gasteiger partial charge in [-0.2, -0.15) is 0 Å². The molecule has 72 valence electrons. The fourth-order valence-electron chi connectivity index (χ4n) is 1.09. The Morgan fingerprint density at radius 2 is 1.85 bits per heavy atom. The Bertz CT molecular complexity index is 216. The van der Waals surface area contributed by atoms with Crippen LogP contribution in [0.3, 0.4) is 0 Å². The molecule has 0 saturated carbocycles. The van der Waals surface area contributed by atoms with Gasteiger partial charge in [-0.3, -0.25) is 0 Å². The topological polar surface area (TPSA) is 3.24 Å². The molecule has 0 heterocycles. The summed E-state index contributed by atoms with van der Waals surface area (Å²) in [6.45, 7) is 12.3. The van der Waals surface area contributed by atoms with Gasteiger partial charge < -0.3 is 4.81 Å². The van der Waals surface area contributed by atoms with Crippen LogP contribution in [0.5, 0.6) is 0 Å². The van der Waals surface area contributed by atoms with Crippen molar-refractivity contribution in [2.24, 2.45) is 0 Å². The van der Waals surface area contributed by atoms with E-state index in [-0.39, 0.29) is 0 Å². The smallest absolute Gasteiger partial charge is 0.182 e. The molecule has 0 aliphatic heterocycles. The van der Waals surface area contributed by atoms with Crippen LogP contribution in [0.1, 0.15) is 34.6 Å². The SMILES string of the molecule is [B]N(CC)C/C(C)=C(C)/C(C)=C\C. The number of hydrogen-bond acceptors (Lipinski definition) is 1. The predicted molar refractivity (Wildman–Crippen MR) is 60.8 cm³/mol. The van der Waals surface area contributed by atoms with Crippen molar-refractivity contribution in [3.8, 4) is 0 Å². The first-order valence-electron chi connectivity index (χ1n) is 4.82. The molecular formula is C11H20BN. The lowest BCUT2D eigenvalue weighted by Crippen LogP contribution is -2.22. The molecule has 1 nitrogen and oxygen atoms in total. The average Bonchev–Trinajstić information content (AvgIpc) is 2.14. The van der Waals surface area contributed by atoms with Gasteiger partial charge in [-0.25, -0.2) is 0 Å². The van der Waals surface area contributed by atoms with Crippen molar-refractivity contribution in [3.63, 3.8) is 0 Å². The van der Waals surface area contributed by atoms with Crippen LogP contribution >= 0.6 is 0 Å². The minimum atomic E-state index is 0.855. The lowest BCUT2D eigenvalue weighted by Gasteiger charge is -2.17. The molecule has 0 atom stereocenters. The van der Waals surface area contributed by atoms with Crippen LogP contribution in [0.25, 0.3) is 0 Å². The summed E-state index contributed by atoms with van der Waals surface area (Å²) < 4.78 is 0. The van der Waals surface area contributed by atoms with Crippen LogP contribution in [0.2, 0.25) is 0 Å². The highest BCUT2D eigenvalue weighted by molar-refractivity contribution is 6.04. The van der Waals surface area contributed by atoms with Gasteiger partial charge >= 0.3 is 0 Å². The summed E-state index contributed by atoms with van der Waals surface area (Å²) in [4.78, 5) is 1.82. The summed E-state index contributed by atoms with van der Waals surface area (Å²) in [6.07, 6.45) is 2.13. The predicted octanol–water partition coefficient (Wildman–Crippen LogP) is 2.69. The minimum absolute atomic E-state index is 0.855. The summed E-state index contributed by atoms with van der Waals surface area (Å²) in [6, 6.07) is 0. The molecule has 0 unspecified atom stereocenters. The molecule has 13 heavy (non-hydrogen) atoms. The van der Waals surface area contributed by atoms with E-state index < -0.39 is 0 Å². The van der Waals surface area contributed by atoms with Gasteiger partial charge in [0.1, 0.15) is 0 Å². The van der Waals surface area contributed by atoms with Crippen molar-refractivity contribution in [1.82, 2.24) is 4.81 Å². The number of allylic oxidation sites excluding steroid dienone is 3. The maximum Gasteiger partial charge on any atom is 0.182 e. The van der Waals surface area contributed by atoms with E-state index in [1.807, 2.05) is 4.81 Å². The van der Waals surface area contributed by atoms with Crippen LogP contribution in [-0.4, -0.2) is 25.9 Å². The molecule has 0 rings (SSSR count). The number of hydrogen-bond donors (Lipinski definition) is 0. The summed E-state index contributed by atoms with van der Waals surface area (Å²) in [5, 5.41) is 0. The maximum atomic E-state index is 5.73. The molecule has 0 aliphatic carbocycles. The average molecular weight is 177 g/mol. The third-order valence-electron chi connectivity index (χ3n) is 2.51. The van der Waals surface area contributed by atoms with Crippen molar-refractivity contribution in [3.05, 3.63) is 22.8 Å². The standard InChI is InChI=1S/C11H20BN/c1-6-9(3)11(5)10(4)8-13(12)7-2/h6H,7-8H2,1-5H3/b9-6-,11-10+. The molecule has 0 aliphatic rings. The Hall–Kier alpha value is -0.495. The first kappa shape index (κ1) is 12.5. The van der Waals surface area contributed by atoms with Gasteiger partial charge in [-0.1, -0.05) is 24.1 Å². The van der Waals surface area contributed by atoms with Gasteiger partial charge in [0.05, 0.1) is 0 Å². The molecule has 2 radical (unpaired) electrons. The lowest BCUT2D eigenvalue weighted by molar-refractivity contribution is 0.515. The molecule has 0 N–H and O–H groups in total. The van der Waals surface area contributed by atoms with Gasteiger partial charge in [-0.05, 0) is 39.8 Å². The first-order valence-corrected chi connectivity index (χ1v) is 4.82. The largest absolute Gasteiger partial charge is 0.350 e. The molecule has 0 aromatic heterocycles. The Kier molecular flexibility index (Phi) is 5.80. The van der Waals surface area contributed by atoms with Gasteiger partial charge in [0.15, 0.2) is 7.98 Å². The molecular weight excluding hydrogens is 157 g/mol. The summed E-state index contributed by atoms with van der Waals surface area (Å²) >= 11 is 0. The normalized spacial score (nSPS) is 14.8. The second-order valence-electron chi connectivity index (χ2n) is 3.44. The molecule has 0 bridgehead atoms. The van der Waals surface area contributed by atoms with E-state index in [0.717, 1.165) is 13.1 Å². The zero-order valence-electron chi connectivity index (χ0n) is 9.52. The zero-order chi connectivity index (χ0) is 10.4. The van der Waals surface area contributed by atoms with Crippen LogP contribution in [0.4, 0.5) is 0 Å². The third-order valence-corrected chi connectivity index (χ3v) is 2.51. The Balaban J connectivity index is 4.44.